The van der Waals surface area contributed by atoms with Gasteiger partial charge in [-0.2, -0.15) is 0 Å². The van der Waals surface area contributed by atoms with E-state index in [0.717, 1.165) is 11.0 Å². The minimum atomic E-state index is -0.741. The van der Waals surface area contributed by atoms with E-state index >= 15 is 0 Å². The average molecular weight is 256 g/mol. The van der Waals surface area contributed by atoms with Crippen molar-refractivity contribution in [2.24, 2.45) is 0 Å². The molecule has 2 heterocycles. The van der Waals surface area contributed by atoms with Crippen LogP contribution in [-0.4, -0.2) is 32.5 Å². The Kier molecular flexibility index (Phi) is 3.93. The van der Waals surface area contributed by atoms with Crippen molar-refractivity contribution < 1.29 is 9.84 Å². The quantitative estimate of drug-likeness (QED) is 0.654. The van der Waals surface area contributed by atoms with E-state index in [4.69, 9.17) is 16.3 Å². The number of nitrogens with zero attached hydrogens (tertiary/aromatic N) is 3. The van der Waals surface area contributed by atoms with Crippen LogP contribution in [0.2, 0.25) is 5.15 Å². The SMILES string of the molecule is CCOC(O)CCn1ccc2c(Cl)ncnc21. The molecule has 5 nitrogen and oxygen atoms in total. The number of hydrogen-bond donors (Lipinski definition) is 1. The van der Waals surface area contributed by atoms with E-state index < -0.39 is 6.29 Å². The largest absolute Gasteiger partial charge is 0.368 e. The second-order valence-electron chi connectivity index (χ2n) is 3.61. The molecule has 0 fully saturated rings. The highest BCUT2D eigenvalue weighted by molar-refractivity contribution is 6.33. The molecule has 92 valence electrons. The highest BCUT2D eigenvalue weighted by Gasteiger charge is 2.08. The summed E-state index contributed by atoms with van der Waals surface area (Å²) < 4.78 is 6.98. The number of halogens is 1. The van der Waals surface area contributed by atoms with Crippen LogP contribution in [0.15, 0.2) is 18.6 Å². The molecule has 0 bridgehead atoms. The number of fused-ring (bicyclic) bond motifs is 1. The van der Waals surface area contributed by atoms with E-state index in [0.29, 0.717) is 24.7 Å². The molecule has 0 aliphatic rings. The summed E-state index contributed by atoms with van der Waals surface area (Å²) in [5, 5.41) is 10.7. The maximum absolute atomic E-state index is 9.48. The van der Waals surface area contributed by atoms with Gasteiger partial charge in [-0.1, -0.05) is 11.6 Å². The second-order valence-corrected chi connectivity index (χ2v) is 3.97. The van der Waals surface area contributed by atoms with Crippen molar-refractivity contribution in [2.75, 3.05) is 6.61 Å². The molecule has 0 amide bonds. The van der Waals surface area contributed by atoms with Crippen LogP contribution in [0, 0.1) is 0 Å². The third kappa shape index (κ3) is 2.74. The monoisotopic (exact) mass is 255 g/mol. The van der Waals surface area contributed by atoms with Crippen LogP contribution in [0.4, 0.5) is 0 Å². The third-order valence-corrected chi connectivity index (χ3v) is 2.78. The predicted octanol–water partition coefficient (Wildman–Crippen LogP) is 1.83. The van der Waals surface area contributed by atoms with Crippen molar-refractivity contribution in [1.29, 1.82) is 0 Å². The molecule has 6 heteroatoms. The van der Waals surface area contributed by atoms with Crippen LogP contribution in [0.3, 0.4) is 0 Å². The topological polar surface area (TPSA) is 60.2 Å². The van der Waals surface area contributed by atoms with E-state index in [-0.39, 0.29) is 0 Å². The Morgan fingerprint density at radius 3 is 3.12 bits per heavy atom. The zero-order valence-electron chi connectivity index (χ0n) is 9.51. The van der Waals surface area contributed by atoms with E-state index in [1.54, 1.807) is 0 Å². The molecule has 0 radical (unpaired) electrons. The normalized spacial score (nSPS) is 13.1. The lowest BCUT2D eigenvalue weighted by Crippen LogP contribution is -2.14. The molecule has 17 heavy (non-hydrogen) atoms. The molecule has 0 saturated carbocycles. The van der Waals surface area contributed by atoms with Crippen LogP contribution in [0.1, 0.15) is 13.3 Å². The van der Waals surface area contributed by atoms with Gasteiger partial charge in [-0.3, -0.25) is 0 Å². The summed E-state index contributed by atoms with van der Waals surface area (Å²) in [5.41, 5.74) is 0.772. The fourth-order valence-electron chi connectivity index (χ4n) is 1.68. The highest BCUT2D eigenvalue weighted by Crippen LogP contribution is 2.20. The van der Waals surface area contributed by atoms with Gasteiger partial charge in [0.05, 0.1) is 5.39 Å². The van der Waals surface area contributed by atoms with Crippen LogP contribution in [0.25, 0.3) is 11.0 Å². The fraction of sp³-hybridized carbons (Fsp3) is 0.455. The highest BCUT2D eigenvalue weighted by atomic mass is 35.5. The maximum Gasteiger partial charge on any atom is 0.156 e. The molecular weight excluding hydrogens is 242 g/mol. The Morgan fingerprint density at radius 2 is 2.35 bits per heavy atom. The van der Waals surface area contributed by atoms with Gasteiger partial charge in [0.2, 0.25) is 0 Å². The minimum Gasteiger partial charge on any atom is -0.368 e. The van der Waals surface area contributed by atoms with Gasteiger partial charge in [-0.15, -0.1) is 0 Å². The summed E-state index contributed by atoms with van der Waals surface area (Å²) in [6.45, 7) is 2.97. The van der Waals surface area contributed by atoms with Crippen molar-refractivity contribution in [3.63, 3.8) is 0 Å². The maximum atomic E-state index is 9.48. The van der Waals surface area contributed by atoms with Gasteiger partial charge in [0.15, 0.2) is 6.29 Å². The standard InChI is InChI=1S/C11H14ClN3O2/c1-2-17-9(16)4-6-15-5-3-8-10(12)13-7-14-11(8)15/h3,5,7,9,16H,2,4,6H2,1H3. The molecule has 2 aromatic heterocycles. The summed E-state index contributed by atoms with van der Waals surface area (Å²) in [4.78, 5) is 8.08. The van der Waals surface area contributed by atoms with Crippen molar-refractivity contribution in [3.8, 4) is 0 Å². The molecule has 2 aromatic rings. The van der Waals surface area contributed by atoms with E-state index in [1.165, 1.54) is 6.33 Å². The summed E-state index contributed by atoms with van der Waals surface area (Å²) in [7, 11) is 0. The molecule has 1 unspecified atom stereocenters. The second kappa shape index (κ2) is 5.44. The first-order chi connectivity index (χ1) is 8.22. The van der Waals surface area contributed by atoms with Crippen LogP contribution < -0.4 is 0 Å². The Labute approximate surface area is 104 Å². The molecule has 0 aromatic carbocycles. The Morgan fingerprint density at radius 1 is 1.53 bits per heavy atom. The molecule has 0 spiro atoms. The van der Waals surface area contributed by atoms with Crippen molar-refractivity contribution in [2.45, 2.75) is 26.2 Å². The van der Waals surface area contributed by atoms with Crippen molar-refractivity contribution in [1.82, 2.24) is 14.5 Å². The Bertz CT molecular complexity index is 500. The van der Waals surface area contributed by atoms with Gasteiger partial charge in [0, 0.05) is 25.8 Å². The van der Waals surface area contributed by atoms with Gasteiger partial charge in [-0.25, -0.2) is 9.97 Å². The van der Waals surface area contributed by atoms with E-state index in [1.807, 2.05) is 23.8 Å². The Balaban J connectivity index is 2.12. The zero-order chi connectivity index (χ0) is 12.3. The number of aliphatic hydroxyl groups is 1. The smallest absolute Gasteiger partial charge is 0.156 e. The lowest BCUT2D eigenvalue weighted by Gasteiger charge is -2.11. The summed E-state index contributed by atoms with van der Waals surface area (Å²) in [6.07, 6.45) is 3.08. The summed E-state index contributed by atoms with van der Waals surface area (Å²) in [6, 6.07) is 1.87. The minimum absolute atomic E-state index is 0.444. The number of aliphatic hydroxyl groups excluding tert-OH is 1. The van der Waals surface area contributed by atoms with Gasteiger partial charge >= 0.3 is 0 Å². The third-order valence-electron chi connectivity index (χ3n) is 2.48. The van der Waals surface area contributed by atoms with Crippen molar-refractivity contribution in [3.05, 3.63) is 23.7 Å². The zero-order valence-corrected chi connectivity index (χ0v) is 10.3. The van der Waals surface area contributed by atoms with Gasteiger partial charge in [-0.05, 0) is 13.0 Å². The Hall–Kier alpha value is -1.17. The molecule has 0 saturated heterocycles. The first kappa shape index (κ1) is 12.3. The number of ether oxygens (including phenoxy) is 1. The lowest BCUT2D eigenvalue weighted by atomic mass is 10.4. The van der Waals surface area contributed by atoms with E-state index in [2.05, 4.69) is 9.97 Å². The first-order valence-electron chi connectivity index (χ1n) is 5.47. The molecule has 2 rings (SSSR count). The first-order valence-corrected chi connectivity index (χ1v) is 5.85. The van der Waals surface area contributed by atoms with Gasteiger partial charge < -0.3 is 14.4 Å². The number of rotatable bonds is 5. The summed E-state index contributed by atoms with van der Waals surface area (Å²) >= 11 is 5.94. The van der Waals surface area contributed by atoms with Gasteiger partial charge in [0.25, 0.3) is 0 Å². The predicted molar refractivity (Wildman–Crippen MR) is 64.8 cm³/mol. The molecule has 0 aliphatic carbocycles. The van der Waals surface area contributed by atoms with Gasteiger partial charge in [0.1, 0.15) is 17.1 Å². The molecule has 1 atom stereocenters. The van der Waals surface area contributed by atoms with Crippen LogP contribution in [-0.2, 0) is 11.3 Å². The van der Waals surface area contributed by atoms with Crippen LogP contribution >= 0.6 is 11.6 Å². The number of aryl methyl sites for hydroxylation is 1. The number of aromatic nitrogens is 3. The fourth-order valence-corrected chi connectivity index (χ4v) is 1.87. The van der Waals surface area contributed by atoms with Crippen LogP contribution in [0.5, 0.6) is 0 Å². The summed E-state index contributed by atoms with van der Waals surface area (Å²) in [5.74, 6) is 0. The lowest BCUT2D eigenvalue weighted by molar-refractivity contribution is -0.100. The van der Waals surface area contributed by atoms with E-state index in [9.17, 15) is 5.11 Å². The van der Waals surface area contributed by atoms with Crippen molar-refractivity contribution >= 4 is 22.6 Å². The molecule has 0 aliphatic heterocycles. The number of hydrogen-bond acceptors (Lipinski definition) is 4. The molecular formula is C11H14ClN3O2. The molecule has 1 N–H and O–H groups in total. The average Bonchev–Trinajstić information content (AvgIpc) is 2.72.